The summed E-state index contributed by atoms with van der Waals surface area (Å²) in [6.45, 7) is 0.728. The lowest BCUT2D eigenvalue weighted by Gasteiger charge is -2.10. The van der Waals surface area contributed by atoms with Crippen molar-refractivity contribution in [3.05, 3.63) is 53.6 Å². The number of benzene rings is 2. The van der Waals surface area contributed by atoms with E-state index in [-0.39, 0.29) is 0 Å². The molecule has 2 aromatic carbocycles. The van der Waals surface area contributed by atoms with Crippen LogP contribution in [0.4, 0.5) is 5.69 Å². The van der Waals surface area contributed by atoms with Crippen molar-refractivity contribution in [1.29, 1.82) is 0 Å². The lowest BCUT2D eigenvalue weighted by atomic mass is 10.1. The monoisotopic (exact) mass is 300 g/mol. The number of oxime groups is 1. The SMILES string of the molecule is CON=C1COc2cc(OCc3ccccc3NO)ccc21. The molecule has 0 aromatic heterocycles. The van der Waals surface area contributed by atoms with Crippen LogP contribution in [0.2, 0.25) is 0 Å². The van der Waals surface area contributed by atoms with Crippen LogP contribution in [0.5, 0.6) is 11.5 Å². The van der Waals surface area contributed by atoms with Gasteiger partial charge in [0.15, 0.2) is 0 Å². The minimum Gasteiger partial charge on any atom is -0.489 e. The van der Waals surface area contributed by atoms with E-state index in [2.05, 4.69) is 10.6 Å². The van der Waals surface area contributed by atoms with Gasteiger partial charge < -0.3 is 14.3 Å². The number of rotatable bonds is 5. The van der Waals surface area contributed by atoms with E-state index in [0.29, 0.717) is 24.7 Å². The second kappa shape index (κ2) is 6.36. The number of para-hydroxylation sites is 1. The van der Waals surface area contributed by atoms with Crippen LogP contribution >= 0.6 is 0 Å². The molecule has 0 fully saturated rings. The van der Waals surface area contributed by atoms with E-state index in [9.17, 15) is 0 Å². The molecule has 0 aliphatic carbocycles. The van der Waals surface area contributed by atoms with Crippen molar-refractivity contribution in [2.45, 2.75) is 6.61 Å². The average Bonchev–Trinajstić information content (AvgIpc) is 2.96. The van der Waals surface area contributed by atoms with Crippen molar-refractivity contribution in [2.75, 3.05) is 19.2 Å². The summed E-state index contributed by atoms with van der Waals surface area (Å²) in [6, 6.07) is 13.0. The zero-order chi connectivity index (χ0) is 15.4. The number of hydrogen-bond donors (Lipinski definition) is 2. The molecule has 1 heterocycles. The Balaban J connectivity index is 1.74. The Bertz CT molecular complexity index is 700. The summed E-state index contributed by atoms with van der Waals surface area (Å²) in [5.41, 5.74) is 5.31. The van der Waals surface area contributed by atoms with Crippen molar-refractivity contribution < 1.29 is 19.5 Å². The molecular weight excluding hydrogens is 284 g/mol. The summed E-state index contributed by atoms with van der Waals surface area (Å²) in [5, 5.41) is 13.0. The van der Waals surface area contributed by atoms with Gasteiger partial charge in [-0.1, -0.05) is 23.4 Å². The summed E-state index contributed by atoms with van der Waals surface area (Å²) in [5.74, 6) is 1.41. The van der Waals surface area contributed by atoms with Crippen LogP contribution in [0, 0.1) is 0 Å². The first-order chi connectivity index (χ1) is 10.8. The van der Waals surface area contributed by atoms with Crippen LogP contribution in [0.25, 0.3) is 0 Å². The van der Waals surface area contributed by atoms with E-state index >= 15 is 0 Å². The highest BCUT2D eigenvalue weighted by atomic mass is 16.6. The predicted molar refractivity (Wildman–Crippen MR) is 81.7 cm³/mol. The quantitative estimate of drug-likeness (QED) is 0.831. The molecule has 0 unspecified atom stereocenters. The van der Waals surface area contributed by atoms with Gasteiger partial charge in [0.25, 0.3) is 0 Å². The van der Waals surface area contributed by atoms with Crippen molar-refractivity contribution in [1.82, 2.24) is 0 Å². The molecule has 22 heavy (non-hydrogen) atoms. The van der Waals surface area contributed by atoms with E-state index in [1.165, 1.54) is 7.11 Å². The third-order valence-electron chi connectivity index (χ3n) is 3.36. The zero-order valence-corrected chi connectivity index (χ0v) is 12.1. The number of nitrogens with one attached hydrogen (secondary N) is 1. The lowest BCUT2D eigenvalue weighted by Crippen LogP contribution is -2.02. The first kappa shape index (κ1) is 14.2. The van der Waals surface area contributed by atoms with E-state index in [1.54, 1.807) is 6.07 Å². The Morgan fingerprint density at radius 3 is 2.95 bits per heavy atom. The number of fused-ring (bicyclic) bond motifs is 1. The molecular formula is C16H16N2O4. The number of ether oxygens (including phenoxy) is 2. The first-order valence-electron chi connectivity index (χ1n) is 6.80. The van der Waals surface area contributed by atoms with Crippen molar-refractivity contribution in [2.24, 2.45) is 5.16 Å². The Morgan fingerprint density at radius 2 is 2.14 bits per heavy atom. The minimum absolute atomic E-state index is 0.335. The maximum atomic E-state index is 9.07. The van der Waals surface area contributed by atoms with Crippen LogP contribution in [-0.2, 0) is 11.4 Å². The van der Waals surface area contributed by atoms with E-state index in [4.69, 9.17) is 19.5 Å². The highest BCUT2D eigenvalue weighted by Crippen LogP contribution is 2.30. The van der Waals surface area contributed by atoms with Gasteiger partial charge in [-0.3, -0.25) is 10.7 Å². The summed E-state index contributed by atoms with van der Waals surface area (Å²) in [6.07, 6.45) is 0. The maximum Gasteiger partial charge on any atom is 0.134 e. The van der Waals surface area contributed by atoms with Crippen LogP contribution in [0.15, 0.2) is 47.6 Å². The molecule has 3 rings (SSSR count). The molecule has 6 nitrogen and oxygen atoms in total. The number of anilines is 1. The summed E-state index contributed by atoms with van der Waals surface area (Å²) in [4.78, 5) is 4.79. The standard InChI is InChI=1S/C16H16N2O4/c1-20-18-15-10-22-16-8-12(6-7-13(15)16)21-9-11-4-2-3-5-14(11)17-19/h2-8,17,19H,9-10H2,1H3. The van der Waals surface area contributed by atoms with Gasteiger partial charge in [0.05, 0.1) is 5.69 Å². The minimum atomic E-state index is 0.335. The Morgan fingerprint density at radius 1 is 1.27 bits per heavy atom. The highest BCUT2D eigenvalue weighted by molar-refractivity contribution is 6.06. The van der Waals surface area contributed by atoms with Gasteiger partial charge in [0.1, 0.15) is 37.5 Å². The molecule has 0 atom stereocenters. The largest absolute Gasteiger partial charge is 0.489 e. The van der Waals surface area contributed by atoms with Gasteiger partial charge in [-0.2, -0.15) is 0 Å². The van der Waals surface area contributed by atoms with E-state index < -0.39 is 0 Å². The van der Waals surface area contributed by atoms with Crippen molar-refractivity contribution in [3.8, 4) is 11.5 Å². The van der Waals surface area contributed by atoms with Gasteiger partial charge >= 0.3 is 0 Å². The smallest absolute Gasteiger partial charge is 0.134 e. The Hall–Kier alpha value is -2.73. The van der Waals surface area contributed by atoms with E-state index in [1.807, 2.05) is 36.4 Å². The fourth-order valence-corrected chi connectivity index (χ4v) is 2.28. The predicted octanol–water partition coefficient (Wildman–Crippen LogP) is 2.81. The molecule has 0 bridgehead atoms. The zero-order valence-electron chi connectivity index (χ0n) is 12.1. The molecule has 1 aliphatic heterocycles. The molecule has 114 valence electrons. The van der Waals surface area contributed by atoms with Gasteiger partial charge in [0, 0.05) is 17.2 Å². The molecule has 2 N–H and O–H groups in total. The van der Waals surface area contributed by atoms with Gasteiger partial charge in [-0.25, -0.2) is 0 Å². The first-order valence-corrected chi connectivity index (χ1v) is 6.80. The molecule has 0 saturated heterocycles. The van der Waals surface area contributed by atoms with Gasteiger partial charge in [0.2, 0.25) is 0 Å². The number of nitrogens with zero attached hydrogens (tertiary/aromatic N) is 1. The lowest BCUT2D eigenvalue weighted by molar-refractivity contribution is 0.211. The third kappa shape index (κ3) is 2.82. The summed E-state index contributed by atoms with van der Waals surface area (Å²) < 4.78 is 11.3. The fourth-order valence-electron chi connectivity index (χ4n) is 2.28. The van der Waals surface area contributed by atoms with Crippen LogP contribution in [-0.4, -0.2) is 24.6 Å². The summed E-state index contributed by atoms with van der Waals surface area (Å²) in [7, 11) is 1.51. The van der Waals surface area contributed by atoms with Crippen LogP contribution in [0.3, 0.4) is 0 Å². The van der Waals surface area contributed by atoms with Crippen molar-refractivity contribution in [3.63, 3.8) is 0 Å². The summed E-state index contributed by atoms with van der Waals surface area (Å²) >= 11 is 0. The molecule has 0 spiro atoms. The average molecular weight is 300 g/mol. The second-order valence-corrected chi connectivity index (χ2v) is 4.72. The normalized spacial score (nSPS) is 14.4. The molecule has 1 aliphatic rings. The molecule has 6 heteroatoms. The Kier molecular flexibility index (Phi) is 4.11. The Labute approximate surface area is 127 Å². The van der Waals surface area contributed by atoms with Crippen molar-refractivity contribution >= 4 is 11.4 Å². The molecule has 0 amide bonds. The van der Waals surface area contributed by atoms with Gasteiger partial charge in [-0.15, -0.1) is 0 Å². The molecule has 2 aromatic rings. The highest BCUT2D eigenvalue weighted by Gasteiger charge is 2.20. The second-order valence-electron chi connectivity index (χ2n) is 4.72. The maximum absolute atomic E-state index is 9.07. The van der Waals surface area contributed by atoms with Crippen LogP contribution in [0.1, 0.15) is 11.1 Å². The molecule has 0 saturated carbocycles. The fraction of sp³-hybridized carbons (Fsp3) is 0.188. The van der Waals surface area contributed by atoms with Crippen LogP contribution < -0.4 is 15.0 Å². The third-order valence-corrected chi connectivity index (χ3v) is 3.36. The molecule has 0 radical (unpaired) electrons. The van der Waals surface area contributed by atoms with E-state index in [0.717, 1.165) is 22.6 Å². The number of hydrogen-bond acceptors (Lipinski definition) is 6. The van der Waals surface area contributed by atoms with Gasteiger partial charge in [-0.05, 0) is 18.2 Å². The topological polar surface area (TPSA) is 72.3 Å².